The monoisotopic (exact) mass is 410 g/mol. The van der Waals surface area contributed by atoms with Crippen LogP contribution in [0.25, 0.3) is 0 Å². The zero-order chi connectivity index (χ0) is 21.7. The second-order valence-corrected chi connectivity index (χ2v) is 7.21. The quantitative estimate of drug-likeness (QED) is 0.571. The summed E-state index contributed by atoms with van der Waals surface area (Å²) in [5.41, 5.74) is 9.45. The van der Waals surface area contributed by atoms with Gasteiger partial charge in [-0.05, 0) is 59.7 Å². The standard InChI is InChI=1S/C23H24F2N4O/c1-28(2)22-11-10-20(26)12-17(22)15-29(14-16-6-8-18(24)9-7-16)23(30)27-21-5-3-4-19(25)13-21/h3-13H,14-15,26H2,1-2H3,(H,27,30). The third kappa shape index (κ3) is 5.47. The van der Waals surface area contributed by atoms with Crippen molar-refractivity contribution >= 4 is 23.1 Å². The predicted molar refractivity (Wildman–Crippen MR) is 116 cm³/mol. The molecule has 0 saturated heterocycles. The molecular weight excluding hydrogens is 386 g/mol. The lowest BCUT2D eigenvalue weighted by Crippen LogP contribution is -2.34. The van der Waals surface area contributed by atoms with Gasteiger partial charge in [0.2, 0.25) is 0 Å². The lowest BCUT2D eigenvalue weighted by atomic mass is 10.1. The summed E-state index contributed by atoms with van der Waals surface area (Å²) in [7, 11) is 3.82. The van der Waals surface area contributed by atoms with E-state index in [4.69, 9.17) is 5.73 Å². The number of hydrogen-bond donors (Lipinski definition) is 2. The zero-order valence-corrected chi connectivity index (χ0v) is 16.9. The first kappa shape index (κ1) is 21.1. The number of nitrogens with two attached hydrogens (primary N) is 1. The first-order chi connectivity index (χ1) is 14.3. The number of urea groups is 1. The normalized spacial score (nSPS) is 10.5. The SMILES string of the molecule is CN(C)c1ccc(N)cc1CN(Cc1ccc(F)cc1)C(=O)Nc1cccc(F)c1. The second-order valence-electron chi connectivity index (χ2n) is 7.21. The van der Waals surface area contributed by atoms with E-state index in [1.807, 2.05) is 31.1 Å². The fraction of sp³-hybridized carbons (Fsp3) is 0.174. The Kier molecular flexibility index (Phi) is 6.51. The maximum absolute atomic E-state index is 13.5. The molecule has 0 aliphatic rings. The van der Waals surface area contributed by atoms with Crippen LogP contribution >= 0.6 is 0 Å². The summed E-state index contributed by atoms with van der Waals surface area (Å²) < 4.78 is 26.8. The molecule has 0 spiro atoms. The molecule has 0 unspecified atom stereocenters. The van der Waals surface area contributed by atoms with Gasteiger partial charge >= 0.3 is 6.03 Å². The zero-order valence-electron chi connectivity index (χ0n) is 16.9. The Morgan fingerprint density at radius 2 is 1.67 bits per heavy atom. The second kappa shape index (κ2) is 9.26. The topological polar surface area (TPSA) is 61.6 Å². The molecule has 3 rings (SSSR count). The average Bonchev–Trinajstić information content (AvgIpc) is 2.69. The van der Waals surface area contributed by atoms with E-state index >= 15 is 0 Å². The number of nitrogen functional groups attached to an aromatic ring is 1. The lowest BCUT2D eigenvalue weighted by molar-refractivity contribution is 0.206. The minimum absolute atomic E-state index is 0.239. The number of amides is 2. The smallest absolute Gasteiger partial charge is 0.322 e. The van der Waals surface area contributed by atoms with Crippen LogP contribution in [0.2, 0.25) is 0 Å². The van der Waals surface area contributed by atoms with Crippen molar-refractivity contribution < 1.29 is 13.6 Å². The third-order valence-electron chi connectivity index (χ3n) is 4.60. The van der Waals surface area contributed by atoms with Gasteiger partial charge in [-0.3, -0.25) is 0 Å². The van der Waals surface area contributed by atoms with Crippen molar-refractivity contribution in [2.45, 2.75) is 13.1 Å². The molecule has 0 atom stereocenters. The van der Waals surface area contributed by atoms with Gasteiger partial charge in [0.25, 0.3) is 0 Å². The van der Waals surface area contributed by atoms with Crippen molar-refractivity contribution in [2.75, 3.05) is 30.0 Å². The number of nitrogens with zero attached hydrogens (tertiary/aromatic N) is 2. The van der Waals surface area contributed by atoms with Gasteiger partial charge in [-0.2, -0.15) is 0 Å². The van der Waals surface area contributed by atoms with Crippen LogP contribution in [0.4, 0.5) is 30.6 Å². The maximum atomic E-state index is 13.5. The molecule has 7 heteroatoms. The molecule has 0 aliphatic heterocycles. The molecular formula is C23H24F2N4O. The first-order valence-corrected chi connectivity index (χ1v) is 9.43. The van der Waals surface area contributed by atoms with Gasteiger partial charge < -0.3 is 20.9 Å². The van der Waals surface area contributed by atoms with Crippen LogP contribution in [0, 0.1) is 11.6 Å². The summed E-state index contributed by atoms with van der Waals surface area (Å²) in [5, 5.41) is 2.73. The van der Waals surface area contributed by atoms with Gasteiger partial charge in [0.1, 0.15) is 11.6 Å². The summed E-state index contributed by atoms with van der Waals surface area (Å²) in [6.45, 7) is 0.500. The molecule has 156 valence electrons. The molecule has 0 bridgehead atoms. The van der Waals surface area contributed by atoms with E-state index in [-0.39, 0.29) is 18.9 Å². The minimum atomic E-state index is -0.441. The van der Waals surface area contributed by atoms with Crippen molar-refractivity contribution in [1.82, 2.24) is 4.90 Å². The fourth-order valence-corrected chi connectivity index (χ4v) is 3.15. The number of hydrogen-bond acceptors (Lipinski definition) is 3. The number of halogens is 2. The van der Waals surface area contributed by atoms with Crippen LogP contribution in [0.15, 0.2) is 66.7 Å². The highest BCUT2D eigenvalue weighted by Crippen LogP contribution is 2.24. The first-order valence-electron chi connectivity index (χ1n) is 9.43. The highest BCUT2D eigenvalue weighted by Gasteiger charge is 2.18. The van der Waals surface area contributed by atoms with Gasteiger partial charge in [-0.1, -0.05) is 18.2 Å². The number of carbonyl (C=O) groups excluding carboxylic acids is 1. The van der Waals surface area contributed by atoms with E-state index in [2.05, 4.69) is 5.32 Å². The Labute approximate surface area is 174 Å². The summed E-state index contributed by atoms with van der Waals surface area (Å²) in [6.07, 6.45) is 0. The third-order valence-corrected chi connectivity index (χ3v) is 4.60. The van der Waals surface area contributed by atoms with Crippen LogP contribution in [0.5, 0.6) is 0 Å². The van der Waals surface area contributed by atoms with Crippen LogP contribution < -0.4 is 16.0 Å². The largest absolute Gasteiger partial charge is 0.399 e. The molecule has 3 N–H and O–H groups in total. The Morgan fingerprint density at radius 3 is 2.33 bits per heavy atom. The van der Waals surface area contributed by atoms with E-state index in [1.54, 1.807) is 29.2 Å². The summed E-state index contributed by atoms with van der Waals surface area (Å²) >= 11 is 0. The van der Waals surface area contributed by atoms with Crippen molar-refractivity contribution in [3.8, 4) is 0 Å². The Bertz CT molecular complexity index is 1020. The average molecular weight is 410 g/mol. The predicted octanol–water partition coefficient (Wildman–Crippen LogP) is 4.85. The van der Waals surface area contributed by atoms with E-state index in [9.17, 15) is 13.6 Å². The van der Waals surface area contributed by atoms with E-state index in [0.29, 0.717) is 11.4 Å². The number of anilines is 3. The molecule has 2 amide bonds. The van der Waals surface area contributed by atoms with Crippen molar-refractivity contribution in [3.05, 3.63) is 89.5 Å². The van der Waals surface area contributed by atoms with Crippen molar-refractivity contribution in [3.63, 3.8) is 0 Å². The van der Waals surface area contributed by atoms with E-state index in [0.717, 1.165) is 16.8 Å². The van der Waals surface area contributed by atoms with E-state index < -0.39 is 11.8 Å². The van der Waals surface area contributed by atoms with Gasteiger partial charge in [-0.15, -0.1) is 0 Å². The van der Waals surface area contributed by atoms with Crippen molar-refractivity contribution in [1.29, 1.82) is 0 Å². The molecule has 3 aromatic carbocycles. The van der Waals surface area contributed by atoms with Gasteiger partial charge in [-0.25, -0.2) is 13.6 Å². The summed E-state index contributed by atoms with van der Waals surface area (Å²) in [4.78, 5) is 16.5. The highest BCUT2D eigenvalue weighted by atomic mass is 19.1. The molecule has 5 nitrogen and oxygen atoms in total. The Hall–Kier alpha value is -3.61. The Morgan fingerprint density at radius 1 is 0.933 bits per heavy atom. The summed E-state index contributed by atoms with van der Waals surface area (Å²) in [6, 6.07) is 16.8. The van der Waals surface area contributed by atoms with Crippen LogP contribution in [0.1, 0.15) is 11.1 Å². The number of carbonyl (C=O) groups is 1. The van der Waals surface area contributed by atoms with Crippen LogP contribution in [-0.4, -0.2) is 25.0 Å². The fourth-order valence-electron chi connectivity index (χ4n) is 3.15. The maximum Gasteiger partial charge on any atom is 0.322 e. The van der Waals surface area contributed by atoms with Crippen LogP contribution in [0.3, 0.4) is 0 Å². The number of benzene rings is 3. The molecule has 0 saturated carbocycles. The van der Waals surface area contributed by atoms with Crippen molar-refractivity contribution in [2.24, 2.45) is 0 Å². The van der Waals surface area contributed by atoms with Crippen LogP contribution in [-0.2, 0) is 13.1 Å². The minimum Gasteiger partial charge on any atom is -0.399 e. The van der Waals surface area contributed by atoms with Gasteiger partial charge in [0, 0.05) is 44.2 Å². The van der Waals surface area contributed by atoms with Gasteiger partial charge in [0.15, 0.2) is 0 Å². The molecule has 0 heterocycles. The molecule has 0 aromatic heterocycles. The number of rotatable bonds is 6. The molecule has 3 aromatic rings. The lowest BCUT2D eigenvalue weighted by Gasteiger charge is -2.26. The van der Waals surface area contributed by atoms with Gasteiger partial charge in [0.05, 0.1) is 0 Å². The van der Waals surface area contributed by atoms with E-state index in [1.165, 1.54) is 30.3 Å². The molecule has 0 radical (unpaired) electrons. The highest BCUT2D eigenvalue weighted by molar-refractivity contribution is 5.89. The Balaban J connectivity index is 1.90. The number of nitrogens with one attached hydrogen (secondary N) is 1. The molecule has 0 aliphatic carbocycles. The molecule has 0 fully saturated rings. The summed E-state index contributed by atoms with van der Waals surface area (Å²) in [5.74, 6) is -0.788. The molecule has 30 heavy (non-hydrogen) atoms.